The third kappa shape index (κ3) is 6.00. The number of amides is 2. The number of nitrogens with one attached hydrogen (secondary N) is 1. The van der Waals surface area contributed by atoms with Crippen LogP contribution in [0.4, 0.5) is 0 Å². The molecule has 3 aromatic carbocycles. The van der Waals surface area contributed by atoms with E-state index >= 15 is 0 Å². The van der Waals surface area contributed by atoms with E-state index in [2.05, 4.69) is 38.5 Å². The summed E-state index contributed by atoms with van der Waals surface area (Å²) in [6.07, 6.45) is 7.56. The summed E-state index contributed by atoms with van der Waals surface area (Å²) in [6, 6.07) is 17.3. The number of pyridine rings is 2. The van der Waals surface area contributed by atoms with Crippen LogP contribution in [-0.2, 0) is 50.4 Å². The Bertz CT molecular complexity index is 2910. The van der Waals surface area contributed by atoms with E-state index in [4.69, 9.17) is 9.47 Å². The van der Waals surface area contributed by atoms with Crippen molar-refractivity contribution in [2.75, 3.05) is 14.2 Å². The summed E-state index contributed by atoms with van der Waals surface area (Å²) >= 11 is 0. The van der Waals surface area contributed by atoms with Gasteiger partial charge in [-0.2, -0.15) is 5.10 Å². The van der Waals surface area contributed by atoms with Crippen LogP contribution in [-0.4, -0.2) is 59.4 Å². The van der Waals surface area contributed by atoms with Gasteiger partial charge in [-0.25, -0.2) is 4.79 Å². The maximum Gasteiger partial charge on any atom is 0.329 e. The van der Waals surface area contributed by atoms with Crippen LogP contribution in [0.2, 0.25) is 0 Å². The van der Waals surface area contributed by atoms with Crippen molar-refractivity contribution in [3.05, 3.63) is 117 Å². The molecule has 1 N–H and O–H groups in total. The third-order valence-electron chi connectivity index (χ3n) is 11.3. The molecule has 2 aliphatic heterocycles. The van der Waals surface area contributed by atoms with Gasteiger partial charge in [0.15, 0.2) is 0 Å². The molecule has 0 spiro atoms. The molecule has 14 nitrogen and oxygen atoms in total. The molecule has 288 valence electrons. The highest BCUT2D eigenvalue weighted by Crippen LogP contribution is 2.40. The number of ether oxygens (including phenoxy) is 2. The minimum Gasteiger partial charge on any atom is -0.496 e. The molecule has 0 saturated carbocycles. The number of hydrogen-bond donors (Lipinski definition) is 1. The molecule has 9 rings (SSSR count). The lowest BCUT2D eigenvalue weighted by atomic mass is 9.98. The lowest BCUT2D eigenvalue weighted by Gasteiger charge is -2.22. The molecule has 0 aliphatic carbocycles. The predicted octanol–water partition coefficient (Wildman–Crippen LogP) is 4.83. The number of imidazole rings is 1. The first-order chi connectivity index (χ1) is 27.5. The van der Waals surface area contributed by atoms with Crippen LogP contribution in [0.5, 0.6) is 11.5 Å². The maximum absolute atomic E-state index is 13.6. The standard InChI is InChI=1S/C43H40N8O6/c1-47-22-32(30-16-34(28-17-45-48(2)19-28)44-18-31(30)42(47)54)26-14-37(56-4)33(38(15-26)57-5)23-50-20-25-10-9-24(13-27(25)21-50)29-7-6-8-35-40(29)49(3)43(55)51(35)36-11-12-39(52)46-41(36)53/h6-10,13-19,22,36H,11-12,20-21,23H2,1-5H3,(H,46,52,53). The number of nitrogens with zero attached hydrogens (tertiary/aromatic N) is 7. The number of piperidine rings is 1. The van der Waals surface area contributed by atoms with E-state index in [-0.39, 0.29) is 30.0 Å². The summed E-state index contributed by atoms with van der Waals surface area (Å²) in [4.78, 5) is 58.4. The number of imide groups is 1. The summed E-state index contributed by atoms with van der Waals surface area (Å²) in [6.45, 7) is 1.95. The van der Waals surface area contributed by atoms with E-state index in [0.29, 0.717) is 47.7 Å². The number of methoxy groups -OCH3 is 2. The van der Waals surface area contributed by atoms with Gasteiger partial charge >= 0.3 is 5.69 Å². The Morgan fingerprint density at radius 3 is 2.30 bits per heavy atom. The van der Waals surface area contributed by atoms with Gasteiger partial charge in [0.2, 0.25) is 11.8 Å². The number of benzene rings is 3. The topological polar surface area (TPSA) is 148 Å². The van der Waals surface area contributed by atoms with Crippen LogP contribution in [0, 0.1) is 0 Å². The van der Waals surface area contributed by atoms with Gasteiger partial charge in [0.25, 0.3) is 5.56 Å². The minimum absolute atomic E-state index is 0.141. The quantitative estimate of drug-likeness (QED) is 0.215. The molecule has 1 fully saturated rings. The highest BCUT2D eigenvalue weighted by Gasteiger charge is 2.32. The molecule has 1 atom stereocenters. The average molecular weight is 765 g/mol. The second-order valence-corrected chi connectivity index (χ2v) is 14.8. The molecule has 6 heterocycles. The Morgan fingerprint density at radius 1 is 0.807 bits per heavy atom. The van der Waals surface area contributed by atoms with Gasteiger partial charge in [0.05, 0.1) is 48.1 Å². The monoisotopic (exact) mass is 764 g/mol. The Kier molecular flexibility index (Phi) is 8.65. The van der Waals surface area contributed by atoms with Crippen molar-refractivity contribution in [3.8, 4) is 45.0 Å². The van der Waals surface area contributed by atoms with Crippen molar-refractivity contribution in [1.29, 1.82) is 0 Å². The second-order valence-electron chi connectivity index (χ2n) is 14.8. The third-order valence-corrected chi connectivity index (χ3v) is 11.3. The first-order valence-corrected chi connectivity index (χ1v) is 18.6. The zero-order valence-electron chi connectivity index (χ0n) is 32.2. The summed E-state index contributed by atoms with van der Waals surface area (Å²) in [5, 5.41) is 7.94. The van der Waals surface area contributed by atoms with Crippen LogP contribution < -0.4 is 26.0 Å². The van der Waals surface area contributed by atoms with Gasteiger partial charge in [-0.05, 0) is 59.0 Å². The number of carbonyl (C=O) groups is 2. The molecule has 2 amide bonds. The zero-order chi connectivity index (χ0) is 39.7. The minimum atomic E-state index is -0.755. The van der Waals surface area contributed by atoms with Crippen LogP contribution in [0.3, 0.4) is 0 Å². The fourth-order valence-electron chi connectivity index (χ4n) is 8.47. The van der Waals surface area contributed by atoms with Crippen molar-refractivity contribution in [2.45, 2.75) is 38.5 Å². The Labute approximate surface area is 326 Å². The fraction of sp³-hybridized carbons (Fsp3) is 0.256. The zero-order valence-corrected chi connectivity index (χ0v) is 32.2. The Balaban J connectivity index is 1.03. The van der Waals surface area contributed by atoms with Crippen molar-refractivity contribution < 1.29 is 19.1 Å². The molecule has 0 radical (unpaired) electrons. The van der Waals surface area contributed by atoms with Gasteiger partial charge in [-0.3, -0.25) is 43.4 Å². The second kappa shape index (κ2) is 13.7. The van der Waals surface area contributed by atoms with Crippen LogP contribution >= 0.6 is 0 Å². The molecule has 1 saturated heterocycles. The molecule has 57 heavy (non-hydrogen) atoms. The number of aryl methyl sites for hydroxylation is 3. The van der Waals surface area contributed by atoms with Gasteiger partial charge < -0.3 is 14.0 Å². The normalized spacial score (nSPS) is 15.7. The largest absolute Gasteiger partial charge is 0.496 e. The van der Waals surface area contributed by atoms with E-state index < -0.39 is 11.9 Å². The summed E-state index contributed by atoms with van der Waals surface area (Å²) in [5.41, 5.74) is 9.28. The van der Waals surface area contributed by atoms with Crippen molar-refractivity contribution in [1.82, 2.24) is 38.7 Å². The van der Waals surface area contributed by atoms with Gasteiger partial charge in [0, 0.05) is 87.9 Å². The van der Waals surface area contributed by atoms with Gasteiger partial charge in [-0.15, -0.1) is 0 Å². The smallest absolute Gasteiger partial charge is 0.329 e. The van der Waals surface area contributed by atoms with Gasteiger partial charge in [0.1, 0.15) is 17.5 Å². The first-order valence-electron chi connectivity index (χ1n) is 18.6. The number of aromatic nitrogens is 6. The van der Waals surface area contributed by atoms with Crippen LogP contribution in [0.25, 0.3) is 55.3 Å². The van der Waals surface area contributed by atoms with Crippen molar-refractivity contribution in [3.63, 3.8) is 0 Å². The average Bonchev–Trinajstić information content (AvgIpc) is 3.90. The first kappa shape index (κ1) is 35.9. The fourth-order valence-corrected chi connectivity index (χ4v) is 8.47. The molecule has 0 bridgehead atoms. The van der Waals surface area contributed by atoms with Crippen molar-refractivity contribution in [2.24, 2.45) is 21.1 Å². The van der Waals surface area contributed by atoms with E-state index in [1.165, 1.54) is 15.7 Å². The summed E-state index contributed by atoms with van der Waals surface area (Å²) < 4.78 is 18.4. The molecule has 1 unspecified atom stereocenters. The predicted molar refractivity (Wildman–Crippen MR) is 215 cm³/mol. The number of rotatable bonds is 8. The van der Waals surface area contributed by atoms with Crippen molar-refractivity contribution >= 4 is 33.6 Å². The number of carbonyl (C=O) groups excluding carboxylic acids is 2. The van der Waals surface area contributed by atoms with E-state index in [0.717, 1.165) is 44.3 Å². The Hall–Kier alpha value is -6.80. The lowest BCUT2D eigenvalue weighted by molar-refractivity contribution is -0.135. The molecular weight excluding hydrogens is 725 g/mol. The SMILES string of the molecule is COc1cc(-c2cn(C)c(=O)c3cnc(-c4cnn(C)c4)cc23)cc(OC)c1CN1Cc2ccc(-c3cccc4c3n(C)c(=O)n4C3CCC(=O)NC3=O)cc2C1. The highest BCUT2D eigenvalue weighted by atomic mass is 16.5. The van der Waals surface area contributed by atoms with Crippen LogP contribution in [0.1, 0.15) is 35.6 Å². The van der Waals surface area contributed by atoms with E-state index in [1.54, 1.807) is 54.5 Å². The number of fused-ring (bicyclic) bond motifs is 3. The molecule has 7 aromatic rings. The van der Waals surface area contributed by atoms with E-state index in [1.807, 2.05) is 55.8 Å². The molecule has 2 aliphatic rings. The number of hydrogen-bond acceptors (Lipinski definition) is 9. The van der Waals surface area contributed by atoms with E-state index in [9.17, 15) is 19.2 Å². The molecule has 14 heteroatoms. The highest BCUT2D eigenvalue weighted by molar-refractivity contribution is 6.01. The summed E-state index contributed by atoms with van der Waals surface area (Å²) in [7, 11) is 8.60. The molecular formula is C43H40N8O6. The lowest BCUT2D eigenvalue weighted by Crippen LogP contribution is -2.44. The molecule has 4 aromatic heterocycles. The van der Waals surface area contributed by atoms with Gasteiger partial charge in [-0.1, -0.05) is 24.3 Å². The number of para-hydroxylation sites is 1. The van der Waals surface area contributed by atoms with Crippen LogP contribution in [0.15, 0.2) is 89.0 Å². The summed E-state index contributed by atoms with van der Waals surface area (Å²) in [5.74, 6) is 0.547. The Morgan fingerprint density at radius 2 is 1.58 bits per heavy atom. The maximum atomic E-state index is 13.6.